The fourth-order valence-electron chi connectivity index (χ4n) is 15.6. The summed E-state index contributed by atoms with van der Waals surface area (Å²) in [7, 11) is 0. The molecular formula is C56H61N. The van der Waals surface area contributed by atoms with E-state index in [1.807, 2.05) is 0 Å². The topological polar surface area (TPSA) is 3.24 Å². The van der Waals surface area contributed by atoms with Gasteiger partial charge in [0.25, 0.3) is 0 Å². The maximum atomic E-state index is 2.68. The van der Waals surface area contributed by atoms with Crippen LogP contribution in [-0.4, -0.2) is 0 Å². The lowest BCUT2D eigenvalue weighted by Gasteiger charge is -2.76. The van der Waals surface area contributed by atoms with Crippen molar-refractivity contribution >= 4 is 17.1 Å². The van der Waals surface area contributed by atoms with E-state index in [0.717, 1.165) is 23.7 Å². The zero-order chi connectivity index (χ0) is 39.1. The van der Waals surface area contributed by atoms with Crippen LogP contribution in [0.3, 0.4) is 0 Å². The first-order valence-corrected chi connectivity index (χ1v) is 22.6. The molecule has 12 rings (SSSR count). The summed E-state index contributed by atoms with van der Waals surface area (Å²) in [6.45, 7) is 19.8. The van der Waals surface area contributed by atoms with Crippen molar-refractivity contribution in [1.29, 1.82) is 0 Å². The maximum absolute atomic E-state index is 2.68. The van der Waals surface area contributed by atoms with Gasteiger partial charge in [-0.1, -0.05) is 134 Å². The first-order valence-electron chi connectivity index (χ1n) is 22.6. The Balaban J connectivity index is 1.04. The smallest absolute Gasteiger partial charge is 0.0502 e. The molecular weight excluding hydrogens is 687 g/mol. The van der Waals surface area contributed by atoms with Crippen LogP contribution in [0.5, 0.6) is 0 Å². The summed E-state index contributed by atoms with van der Waals surface area (Å²) in [5, 5.41) is 0. The third-order valence-electron chi connectivity index (χ3n) is 18.2. The highest BCUT2D eigenvalue weighted by Gasteiger charge is 2.84. The molecule has 2 spiro atoms. The summed E-state index contributed by atoms with van der Waals surface area (Å²) < 4.78 is 0. The zero-order valence-electron chi connectivity index (χ0n) is 35.7. The van der Waals surface area contributed by atoms with Crippen LogP contribution in [-0.2, 0) is 27.1 Å². The van der Waals surface area contributed by atoms with Gasteiger partial charge in [0, 0.05) is 11.1 Å². The van der Waals surface area contributed by atoms with Crippen LogP contribution in [0, 0.1) is 29.1 Å². The molecule has 5 aromatic carbocycles. The Bertz CT molecular complexity index is 2450. The Morgan fingerprint density at radius 1 is 0.474 bits per heavy atom. The average molecular weight is 748 g/mol. The lowest BCUT2D eigenvalue weighted by Crippen LogP contribution is -2.73. The molecule has 4 fully saturated rings. The molecule has 290 valence electrons. The highest BCUT2D eigenvalue weighted by Crippen LogP contribution is 2.89. The molecule has 7 aliphatic carbocycles. The van der Waals surface area contributed by atoms with Crippen molar-refractivity contribution in [3.8, 4) is 22.3 Å². The summed E-state index contributed by atoms with van der Waals surface area (Å²) in [6, 6.07) is 41.2. The predicted molar refractivity (Wildman–Crippen MR) is 238 cm³/mol. The first kappa shape index (κ1) is 34.9. The molecule has 0 heterocycles. The lowest BCUT2D eigenvalue weighted by molar-refractivity contribution is -0.231. The Kier molecular flexibility index (Phi) is 6.69. The summed E-state index contributed by atoms with van der Waals surface area (Å²) in [4.78, 5) is 2.68. The highest BCUT2D eigenvalue weighted by molar-refractivity contribution is 5.94. The quantitative estimate of drug-likeness (QED) is 0.177. The van der Waals surface area contributed by atoms with E-state index in [2.05, 4.69) is 163 Å². The minimum atomic E-state index is 0.0661. The lowest BCUT2D eigenvalue weighted by atomic mass is 9.27. The molecule has 5 aromatic rings. The van der Waals surface area contributed by atoms with E-state index in [1.165, 1.54) is 113 Å². The summed E-state index contributed by atoms with van der Waals surface area (Å²) in [6.07, 6.45) is 10.7. The molecule has 0 amide bonds. The van der Waals surface area contributed by atoms with E-state index in [-0.39, 0.29) is 27.1 Å². The van der Waals surface area contributed by atoms with Gasteiger partial charge in [-0.2, -0.15) is 0 Å². The van der Waals surface area contributed by atoms with Crippen molar-refractivity contribution in [3.05, 3.63) is 137 Å². The van der Waals surface area contributed by atoms with Crippen LogP contribution in [0.1, 0.15) is 140 Å². The predicted octanol–water partition coefficient (Wildman–Crippen LogP) is 14.9. The number of rotatable bonds is 4. The molecule has 0 aromatic heterocycles. The van der Waals surface area contributed by atoms with Gasteiger partial charge in [0.2, 0.25) is 0 Å². The second-order valence-corrected chi connectivity index (χ2v) is 22.7. The van der Waals surface area contributed by atoms with Gasteiger partial charge in [0.1, 0.15) is 0 Å². The van der Waals surface area contributed by atoms with Crippen LogP contribution >= 0.6 is 0 Å². The molecule has 6 unspecified atom stereocenters. The number of hydrogen-bond donors (Lipinski definition) is 0. The van der Waals surface area contributed by atoms with E-state index in [1.54, 1.807) is 11.1 Å². The molecule has 6 atom stereocenters. The highest BCUT2D eigenvalue weighted by atomic mass is 15.2. The van der Waals surface area contributed by atoms with Crippen LogP contribution in [0.2, 0.25) is 0 Å². The standard InChI is InChI=1S/C56H61N/c1-51(2)26-28-53(5,6)49-42(51)18-12-20-44(49)57(45-21-13-19-43-50(45)54(7,8)29-27-52(43,3)4)37-24-22-35(23-25-37)38-15-11-17-41-48(38)39-14-9-10-16-40(39)56(41)46-31-34-30-36-32-47(56)55(36,46)33-34/h9-25,34,36,46-47H,26-33H2,1-8H3. The minimum absolute atomic E-state index is 0.0661. The van der Waals surface area contributed by atoms with Crippen molar-refractivity contribution in [2.45, 2.75) is 134 Å². The normalized spacial score (nSPS) is 31.6. The summed E-state index contributed by atoms with van der Waals surface area (Å²) >= 11 is 0. The van der Waals surface area contributed by atoms with E-state index >= 15 is 0 Å². The number of anilines is 3. The number of hydrogen-bond acceptors (Lipinski definition) is 1. The van der Waals surface area contributed by atoms with Crippen LogP contribution in [0.25, 0.3) is 22.3 Å². The van der Waals surface area contributed by atoms with Gasteiger partial charge in [0.05, 0.1) is 11.4 Å². The Hall–Kier alpha value is -4.10. The van der Waals surface area contributed by atoms with Crippen LogP contribution in [0.15, 0.2) is 103 Å². The molecule has 1 nitrogen and oxygen atoms in total. The van der Waals surface area contributed by atoms with Gasteiger partial charge < -0.3 is 4.90 Å². The molecule has 0 radical (unpaired) electrons. The zero-order valence-corrected chi connectivity index (χ0v) is 35.7. The van der Waals surface area contributed by atoms with Crippen molar-refractivity contribution in [3.63, 3.8) is 0 Å². The summed E-state index contributed by atoms with van der Waals surface area (Å²) in [5.74, 6) is 3.64. The van der Waals surface area contributed by atoms with E-state index < -0.39 is 0 Å². The minimum Gasteiger partial charge on any atom is -0.310 e. The molecule has 4 saturated carbocycles. The second kappa shape index (κ2) is 10.9. The Morgan fingerprint density at radius 2 is 1.00 bits per heavy atom. The molecule has 2 bridgehead atoms. The third kappa shape index (κ3) is 4.18. The Morgan fingerprint density at radius 3 is 1.63 bits per heavy atom. The monoisotopic (exact) mass is 747 g/mol. The van der Waals surface area contributed by atoms with E-state index in [9.17, 15) is 0 Å². The Labute approximate surface area is 342 Å². The number of benzene rings is 5. The van der Waals surface area contributed by atoms with Crippen molar-refractivity contribution < 1.29 is 0 Å². The second-order valence-electron chi connectivity index (χ2n) is 22.7. The van der Waals surface area contributed by atoms with Gasteiger partial charge in [-0.25, -0.2) is 0 Å². The van der Waals surface area contributed by atoms with Crippen molar-refractivity contribution in [2.24, 2.45) is 29.1 Å². The molecule has 0 saturated heterocycles. The van der Waals surface area contributed by atoms with Gasteiger partial charge >= 0.3 is 0 Å². The van der Waals surface area contributed by atoms with Gasteiger partial charge in [-0.15, -0.1) is 0 Å². The SMILES string of the molecule is CC1(C)CCC(C)(C)c2c(N(c3ccc(-c4cccc5c4-c4ccccc4C54C5CC6CC7CC4C75C6)cc3)c3cccc4c3C(C)(C)CCC4(C)C)cccc21. The molecule has 1 heteroatoms. The average Bonchev–Trinajstić information content (AvgIpc) is 3.83. The van der Waals surface area contributed by atoms with Crippen molar-refractivity contribution in [2.75, 3.05) is 4.90 Å². The van der Waals surface area contributed by atoms with E-state index in [4.69, 9.17) is 0 Å². The maximum Gasteiger partial charge on any atom is 0.0502 e. The fraction of sp³-hybridized carbons (Fsp3) is 0.464. The molecule has 0 aliphatic heterocycles. The molecule has 7 aliphatic rings. The number of fused-ring (bicyclic) bond motifs is 10. The fourth-order valence-corrected chi connectivity index (χ4v) is 15.6. The molecule has 0 N–H and O–H groups in total. The summed E-state index contributed by atoms with van der Waals surface area (Å²) in [5.41, 5.74) is 20.4. The molecule has 57 heavy (non-hydrogen) atoms. The van der Waals surface area contributed by atoms with Gasteiger partial charge in [-0.05, 0) is 182 Å². The first-order chi connectivity index (χ1) is 27.2. The van der Waals surface area contributed by atoms with Crippen LogP contribution < -0.4 is 4.90 Å². The van der Waals surface area contributed by atoms with E-state index in [0.29, 0.717) is 5.41 Å². The number of nitrogens with zero attached hydrogens (tertiary/aromatic N) is 1. The largest absolute Gasteiger partial charge is 0.310 e. The van der Waals surface area contributed by atoms with Crippen molar-refractivity contribution in [1.82, 2.24) is 0 Å². The van der Waals surface area contributed by atoms with Gasteiger partial charge in [0.15, 0.2) is 0 Å². The van der Waals surface area contributed by atoms with Crippen LogP contribution in [0.4, 0.5) is 17.1 Å². The third-order valence-corrected chi connectivity index (χ3v) is 18.2. The van der Waals surface area contributed by atoms with Gasteiger partial charge in [-0.3, -0.25) is 0 Å².